The van der Waals surface area contributed by atoms with Gasteiger partial charge in [-0.25, -0.2) is 0 Å². The average Bonchev–Trinajstić information content (AvgIpc) is 2.17. The van der Waals surface area contributed by atoms with Gasteiger partial charge in [0.05, 0.1) is 6.42 Å². The lowest BCUT2D eigenvalue weighted by molar-refractivity contribution is -0.118. The minimum Gasteiger partial charge on any atom is -0.370 e. The van der Waals surface area contributed by atoms with Crippen molar-refractivity contribution in [1.29, 1.82) is 0 Å². The van der Waals surface area contributed by atoms with E-state index in [1.54, 1.807) is 0 Å². The van der Waals surface area contributed by atoms with E-state index >= 15 is 0 Å². The molecule has 0 atom stereocenters. The number of amides is 1. The first-order chi connectivity index (χ1) is 3.29. The number of rotatable bonds is 2. The summed E-state index contributed by atoms with van der Waals surface area (Å²) in [6.07, 6.45) is 0.178. The van der Waals surface area contributed by atoms with Crippen molar-refractivity contribution < 1.29 is 4.79 Å². The predicted octanol–water partition coefficient (Wildman–Crippen LogP) is -0.346. The Morgan fingerprint density at radius 2 is 2.29 bits per heavy atom. The molecule has 0 aromatic heterocycles. The van der Waals surface area contributed by atoms with Gasteiger partial charge in [0, 0.05) is 0 Å². The first kappa shape index (κ1) is 4.23. The van der Waals surface area contributed by atoms with E-state index < -0.39 is 0 Å². The van der Waals surface area contributed by atoms with Crippen LogP contribution in [-0.2, 0) is 4.79 Å². The molecule has 1 aliphatic rings. The molecule has 0 aromatic rings. The van der Waals surface area contributed by atoms with Crippen LogP contribution in [0.15, 0.2) is 10.2 Å². The van der Waals surface area contributed by atoms with Crippen LogP contribution in [0.2, 0.25) is 0 Å². The topological polar surface area (TPSA) is 67.8 Å². The lowest BCUT2D eigenvalue weighted by Gasteiger charge is -1.80. The van der Waals surface area contributed by atoms with Crippen LogP contribution in [0.25, 0.3) is 0 Å². The van der Waals surface area contributed by atoms with Crippen molar-refractivity contribution in [3.8, 4) is 0 Å². The average molecular weight is 99.1 g/mol. The van der Waals surface area contributed by atoms with E-state index in [0.29, 0.717) is 0 Å². The maximum atomic E-state index is 9.95. The predicted molar refractivity (Wildman–Crippen MR) is 22.5 cm³/mol. The quantitative estimate of drug-likeness (QED) is 0.505. The van der Waals surface area contributed by atoms with Crippen molar-refractivity contribution in [2.75, 3.05) is 0 Å². The van der Waals surface area contributed by atoms with Gasteiger partial charge in [0.2, 0.25) is 5.91 Å². The summed E-state index contributed by atoms with van der Waals surface area (Å²) in [6, 6.07) is 0. The minimum atomic E-state index is -0.338. The first-order valence-electron chi connectivity index (χ1n) is 1.97. The molecule has 1 rings (SSSR count). The van der Waals surface area contributed by atoms with E-state index in [1.807, 2.05) is 0 Å². The first-order valence-corrected chi connectivity index (χ1v) is 1.97. The van der Waals surface area contributed by atoms with Gasteiger partial charge in [-0.2, -0.15) is 10.2 Å². The van der Waals surface area contributed by atoms with Crippen LogP contribution >= 0.6 is 0 Å². The fourth-order valence-electron chi connectivity index (χ4n) is 0.309. The molecule has 38 valence electrons. The van der Waals surface area contributed by atoms with E-state index in [1.165, 1.54) is 0 Å². The highest BCUT2D eigenvalue weighted by atomic mass is 16.1. The number of primary amides is 1. The van der Waals surface area contributed by atoms with Crippen molar-refractivity contribution in [1.82, 2.24) is 0 Å². The number of carbonyl (C=O) groups is 1. The third-order valence-electron chi connectivity index (χ3n) is 0.663. The molecule has 1 aliphatic heterocycles. The third kappa shape index (κ3) is 1.30. The lowest BCUT2D eigenvalue weighted by atomic mass is 10.4. The third-order valence-corrected chi connectivity index (χ3v) is 0.663. The molecule has 0 aliphatic carbocycles. The zero-order valence-electron chi connectivity index (χ0n) is 3.66. The standard InChI is InChI=1S/C3H5N3O/c4-2(7)1-3-5-6-3/h3H,1H2,(H2,4,7). The smallest absolute Gasteiger partial charge is 0.221 e. The Kier molecular flexibility index (Phi) is 0.780. The Balaban J connectivity index is 2.10. The summed E-state index contributed by atoms with van der Waals surface area (Å²) in [5.41, 5.74) is 4.77. The summed E-state index contributed by atoms with van der Waals surface area (Å²) in [5, 5.41) is 6.93. The second-order valence-corrected chi connectivity index (χ2v) is 1.38. The minimum absolute atomic E-state index is 0.0995. The molecular formula is C3H5N3O. The molecule has 0 fully saturated rings. The van der Waals surface area contributed by atoms with Crippen molar-refractivity contribution in [3.05, 3.63) is 0 Å². The fourth-order valence-corrected chi connectivity index (χ4v) is 0.309. The lowest BCUT2D eigenvalue weighted by Crippen LogP contribution is -2.12. The van der Waals surface area contributed by atoms with Gasteiger partial charge in [0.1, 0.15) is 0 Å². The van der Waals surface area contributed by atoms with Gasteiger partial charge in [-0.1, -0.05) is 0 Å². The van der Waals surface area contributed by atoms with E-state index in [4.69, 9.17) is 5.73 Å². The Morgan fingerprint density at radius 1 is 1.71 bits per heavy atom. The van der Waals surface area contributed by atoms with Crippen LogP contribution in [0.4, 0.5) is 0 Å². The van der Waals surface area contributed by atoms with E-state index in [0.717, 1.165) is 0 Å². The van der Waals surface area contributed by atoms with Gasteiger partial charge in [0.15, 0.2) is 6.17 Å². The van der Waals surface area contributed by atoms with Crippen LogP contribution in [-0.4, -0.2) is 12.1 Å². The maximum absolute atomic E-state index is 9.95. The number of nitrogens with two attached hydrogens (primary N) is 1. The molecule has 4 nitrogen and oxygen atoms in total. The Bertz CT molecular complexity index is 113. The molecule has 0 unspecified atom stereocenters. The van der Waals surface area contributed by atoms with Crippen molar-refractivity contribution in [3.63, 3.8) is 0 Å². The molecule has 4 heteroatoms. The SMILES string of the molecule is NC(=O)CC1N=N1. The molecule has 0 saturated heterocycles. The molecule has 0 bridgehead atoms. The second kappa shape index (κ2) is 1.29. The van der Waals surface area contributed by atoms with Crippen LogP contribution in [0, 0.1) is 0 Å². The molecule has 0 spiro atoms. The number of hydrogen-bond acceptors (Lipinski definition) is 3. The molecule has 7 heavy (non-hydrogen) atoms. The molecule has 0 radical (unpaired) electrons. The largest absolute Gasteiger partial charge is 0.370 e. The van der Waals surface area contributed by atoms with Gasteiger partial charge in [-0.15, -0.1) is 0 Å². The van der Waals surface area contributed by atoms with E-state index in [2.05, 4.69) is 10.2 Å². The zero-order valence-corrected chi connectivity index (χ0v) is 3.66. The van der Waals surface area contributed by atoms with Crippen LogP contribution < -0.4 is 5.73 Å². The highest BCUT2D eigenvalue weighted by molar-refractivity contribution is 5.74. The van der Waals surface area contributed by atoms with E-state index in [9.17, 15) is 4.79 Å². The van der Waals surface area contributed by atoms with E-state index in [-0.39, 0.29) is 18.5 Å². The second-order valence-electron chi connectivity index (χ2n) is 1.38. The number of carbonyl (C=O) groups excluding carboxylic acids is 1. The normalized spacial score (nSPS) is 17.1. The highest BCUT2D eigenvalue weighted by Crippen LogP contribution is 2.12. The summed E-state index contributed by atoms with van der Waals surface area (Å²) in [4.78, 5) is 9.95. The fraction of sp³-hybridized carbons (Fsp3) is 0.667. The van der Waals surface area contributed by atoms with Crippen LogP contribution in [0.3, 0.4) is 0 Å². The van der Waals surface area contributed by atoms with Crippen molar-refractivity contribution >= 4 is 5.91 Å². The Morgan fingerprint density at radius 3 is 2.43 bits per heavy atom. The molecular weight excluding hydrogens is 94.1 g/mol. The van der Waals surface area contributed by atoms with Crippen molar-refractivity contribution in [2.24, 2.45) is 16.0 Å². The van der Waals surface area contributed by atoms with Gasteiger partial charge < -0.3 is 5.73 Å². The summed E-state index contributed by atoms with van der Waals surface area (Å²) >= 11 is 0. The summed E-state index contributed by atoms with van der Waals surface area (Å²) < 4.78 is 0. The summed E-state index contributed by atoms with van der Waals surface area (Å²) in [6.45, 7) is 0. The molecule has 1 amide bonds. The highest BCUT2D eigenvalue weighted by Gasteiger charge is 2.17. The number of nitrogens with zero attached hydrogens (tertiary/aromatic N) is 2. The van der Waals surface area contributed by atoms with Crippen molar-refractivity contribution in [2.45, 2.75) is 12.6 Å². The number of hydrogen-bond donors (Lipinski definition) is 1. The Hall–Kier alpha value is -0.930. The zero-order chi connectivity index (χ0) is 5.28. The van der Waals surface area contributed by atoms with Crippen LogP contribution in [0.5, 0.6) is 0 Å². The Labute approximate surface area is 40.4 Å². The van der Waals surface area contributed by atoms with Gasteiger partial charge in [0.25, 0.3) is 0 Å². The van der Waals surface area contributed by atoms with Crippen LogP contribution in [0.1, 0.15) is 6.42 Å². The summed E-state index contributed by atoms with van der Waals surface area (Å²) in [5.74, 6) is -0.338. The van der Waals surface area contributed by atoms with Gasteiger partial charge in [-0.05, 0) is 0 Å². The molecule has 2 N–H and O–H groups in total. The molecule has 0 aromatic carbocycles. The molecule has 0 saturated carbocycles. The molecule has 1 heterocycles. The van der Waals surface area contributed by atoms with Gasteiger partial charge >= 0.3 is 0 Å². The monoisotopic (exact) mass is 99.0 g/mol. The summed E-state index contributed by atoms with van der Waals surface area (Å²) in [7, 11) is 0. The van der Waals surface area contributed by atoms with Gasteiger partial charge in [-0.3, -0.25) is 4.79 Å². The maximum Gasteiger partial charge on any atom is 0.221 e.